The lowest BCUT2D eigenvalue weighted by molar-refractivity contribution is 0.192. The Morgan fingerprint density at radius 1 is 1.19 bits per heavy atom. The molecule has 3 aromatic rings. The summed E-state index contributed by atoms with van der Waals surface area (Å²) in [5, 5.41) is 7.50. The van der Waals surface area contributed by atoms with Gasteiger partial charge in [0.2, 0.25) is 5.88 Å². The molecule has 2 aromatic carbocycles. The molecule has 2 amide bonds. The van der Waals surface area contributed by atoms with Crippen LogP contribution in [0.4, 0.5) is 13.6 Å². The van der Waals surface area contributed by atoms with Gasteiger partial charge in [0.1, 0.15) is 5.82 Å². The van der Waals surface area contributed by atoms with Crippen LogP contribution in [0.2, 0.25) is 0 Å². The summed E-state index contributed by atoms with van der Waals surface area (Å²) in [5.74, 6) is -1.37. The minimum Gasteiger partial charge on any atom is -0.435 e. The first-order valence-electron chi connectivity index (χ1n) is 10.6. The number of halogens is 2. The maximum atomic E-state index is 14.4. The summed E-state index contributed by atoms with van der Waals surface area (Å²) in [6, 6.07) is 12.2. The number of nitrogens with one attached hydrogen (secondary N) is 1. The molecular weight excluding hydrogens is 414 g/mol. The Hall–Kier alpha value is -3.42. The van der Waals surface area contributed by atoms with Crippen LogP contribution in [0.1, 0.15) is 38.4 Å². The molecule has 1 N–H and O–H groups in total. The van der Waals surface area contributed by atoms with Crippen molar-refractivity contribution in [1.82, 2.24) is 20.0 Å². The molecule has 0 aliphatic rings. The molecule has 0 saturated carbocycles. The second-order valence-corrected chi connectivity index (χ2v) is 7.82. The van der Waals surface area contributed by atoms with Gasteiger partial charge in [-0.2, -0.15) is 5.10 Å². The topological polar surface area (TPSA) is 59.4 Å². The molecule has 3 rings (SSSR count). The highest BCUT2D eigenvalue weighted by Gasteiger charge is 2.24. The Labute approximate surface area is 186 Å². The summed E-state index contributed by atoms with van der Waals surface area (Å²) >= 11 is 0. The Kier molecular flexibility index (Phi) is 7.45. The van der Waals surface area contributed by atoms with E-state index in [0.717, 1.165) is 18.6 Å². The number of carbonyl (C=O) groups excluding carboxylic acids is 1. The largest absolute Gasteiger partial charge is 0.435 e. The van der Waals surface area contributed by atoms with Crippen molar-refractivity contribution < 1.29 is 18.3 Å². The van der Waals surface area contributed by atoms with Crippen molar-refractivity contribution in [3.8, 4) is 17.3 Å². The maximum Gasteiger partial charge on any atom is 0.317 e. The highest BCUT2D eigenvalue weighted by atomic mass is 19.1. The molecule has 0 spiro atoms. The van der Waals surface area contributed by atoms with Gasteiger partial charge < -0.3 is 15.0 Å². The van der Waals surface area contributed by atoms with Gasteiger partial charge in [-0.3, -0.25) is 0 Å². The van der Waals surface area contributed by atoms with Crippen LogP contribution in [0, 0.1) is 18.6 Å². The van der Waals surface area contributed by atoms with E-state index in [9.17, 15) is 13.6 Å². The molecule has 0 bridgehead atoms. The van der Waals surface area contributed by atoms with E-state index in [4.69, 9.17) is 4.74 Å². The average Bonchev–Trinajstić information content (AvgIpc) is 3.05. The van der Waals surface area contributed by atoms with Crippen molar-refractivity contribution in [1.29, 1.82) is 0 Å². The summed E-state index contributed by atoms with van der Waals surface area (Å²) in [5.41, 5.74) is 2.00. The first-order chi connectivity index (χ1) is 15.3. The third-order valence-corrected chi connectivity index (χ3v) is 4.78. The number of amides is 2. The summed E-state index contributed by atoms with van der Waals surface area (Å²) in [6.45, 7) is 8.34. The smallest absolute Gasteiger partial charge is 0.317 e. The predicted octanol–water partition coefficient (Wildman–Crippen LogP) is 5.58. The minimum absolute atomic E-state index is 0.0148. The lowest BCUT2D eigenvalue weighted by atomic mass is 10.2. The zero-order chi connectivity index (χ0) is 23.3. The van der Waals surface area contributed by atoms with Crippen LogP contribution in [0.5, 0.6) is 11.6 Å². The number of nitrogens with zero attached hydrogens (tertiary/aromatic N) is 3. The molecule has 0 fully saturated rings. The molecule has 0 atom stereocenters. The fraction of sp³-hybridized carbons (Fsp3) is 0.333. The van der Waals surface area contributed by atoms with Crippen molar-refractivity contribution in [2.45, 2.75) is 46.7 Å². The van der Waals surface area contributed by atoms with E-state index in [-0.39, 0.29) is 30.2 Å². The predicted molar refractivity (Wildman–Crippen MR) is 119 cm³/mol. The van der Waals surface area contributed by atoms with E-state index >= 15 is 0 Å². The fourth-order valence-electron chi connectivity index (χ4n) is 3.28. The third kappa shape index (κ3) is 5.43. The van der Waals surface area contributed by atoms with Gasteiger partial charge in [-0.15, -0.1) is 0 Å². The first kappa shape index (κ1) is 23.2. The van der Waals surface area contributed by atoms with Gasteiger partial charge in [0.25, 0.3) is 0 Å². The number of hydrogen-bond acceptors (Lipinski definition) is 3. The highest BCUT2D eigenvalue weighted by molar-refractivity contribution is 5.74. The number of benzene rings is 2. The summed E-state index contributed by atoms with van der Waals surface area (Å²) in [4.78, 5) is 14.4. The summed E-state index contributed by atoms with van der Waals surface area (Å²) in [7, 11) is 0. The normalized spacial score (nSPS) is 11.0. The summed E-state index contributed by atoms with van der Waals surface area (Å²) in [6.07, 6.45) is 0.764. The van der Waals surface area contributed by atoms with E-state index in [2.05, 4.69) is 10.4 Å². The standard InChI is InChI=1S/C24H28F2N4O2/c1-5-13-29(24(31)27-16(2)3)15-20-17(4)28-30(19-9-7-6-8-10-19)23(20)32-22-12-11-18(25)14-21(22)26/h6-12,14,16H,5,13,15H2,1-4H3,(H,27,31). The van der Waals surface area contributed by atoms with Crippen LogP contribution >= 0.6 is 0 Å². The Morgan fingerprint density at radius 2 is 1.91 bits per heavy atom. The number of aryl methyl sites for hydroxylation is 1. The van der Waals surface area contributed by atoms with Crippen molar-refractivity contribution in [3.05, 3.63) is 71.4 Å². The van der Waals surface area contributed by atoms with Crippen LogP contribution in [0.15, 0.2) is 48.5 Å². The number of ether oxygens (including phenoxy) is 1. The highest BCUT2D eigenvalue weighted by Crippen LogP contribution is 2.33. The molecule has 0 radical (unpaired) electrons. The van der Waals surface area contributed by atoms with Crippen molar-refractivity contribution >= 4 is 6.03 Å². The molecule has 0 aliphatic carbocycles. The van der Waals surface area contributed by atoms with Gasteiger partial charge in [0.15, 0.2) is 11.6 Å². The molecule has 0 aliphatic heterocycles. The first-order valence-corrected chi connectivity index (χ1v) is 10.6. The van der Waals surface area contributed by atoms with Crippen LogP contribution in [0.3, 0.4) is 0 Å². The molecule has 8 heteroatoms. The Morgan fingerprint density at radius 3 is 2.53 bits per heavy atom. The van der Waals surface area contributed by atoms with Gasteiger partial charge >= 0.3 is 6.03 Å². The zero-order valence-corrected chi connectivity index (χ0v) is 18.7. The number of rotatable bonds is 8. The van der Waals surface area contributed by atoms with Crippen molar-refractivity contribution in [2.75, 3.05) is 6.54 Å². The quantitative estimate of drug-likeness (QED) is 0.495. The van der Waals surface area contributed by atoms with Crippen LogP contribution in [-0.4, -0.2) is 33.3 Å². The molecule has 6 nitrogen and oxygen atoms in total. The maximum absolute atomic E-state index is 14.4. The SMILES string of the molecule is CCCN(Cc1c(C)nn(-c2ccccc2)c1Oc1ccc(F)cc1F)C(=O)NC(C)C. The number of para-hydroxylation sites is 1. The number of carbonyl (C=O) groups is 1. The Bertz CT molecular complexity index is 1070. The minimum atomic E-state index is -0.822. The molecule has 170 valence electrons. The van der Waals surface area contributed by atoms with E-state index in [1.807, 2.05) is 58.0 Å². The van der Waals surface area contributed by atoms with Gasteiger partial charge in [0, 0.05) is 18.7 Å². The molecule has 0 saturated heterocycles. The molecule has 1 heterocycles. The van der Waals surface area contributed by atoms with Crippen molar-refractivity contribution in [3.63, 3.8) is 0 Å². The van der Waals surface area contributed by atoms with Crippen LogP contribution in [0.25, 0.3) is 5.69 Å². The fourth-order valence-corrected chi connectivity index (χ4v) is 3.28. The molecule has 32 heavy (non-hydrogen) atoms. The number of aromatic nitrogens is 2. The lowest BCUT2D eigenvalue weighted by Crippen LogP contribution is -2.43. The second-order valence-electron chi connectivity index (χ2n) is 7.82. The van der Waals surface area contributed by atoms with Crippen LogP contribution < -0.4 is 10.1 Å². The molecular formula is C24H28F2N4O2. The molecule has 0 unspecified atom stereocenters. The second kappa shape index (κ2) is 10.3. The molecule has 1 aromatic heterocycles. The van der Waals surface area contributed by atoms with Gasteiger partial charge in [-0.1, -0.05) is 25.1 Å². The number of hydrogen-bond donors (Lipinski definition) is 1. The van der Waals surface area contributed by atoms with E-state index < -0.39 is 11.6 Å². The third-order valence-electron chi connectivity index (χ3n) is 4.78. The van der Waals surface area contributed by atoms with Gasteiger partial charge in [-0.25, -0.2) is 18.3 Å². The lowest BCUT2D eigenvalue weighted by Gasteiger charge is -2.24. The number of urea groups is 1. The van der Waals surface area contributed by atoms with Crippen molar-refractivity contribution in [2.24, 2.45) is 0 Å². The monoisotopic (exact) mass is 442 g/mol. The van der Waals surface area contributed by atoms with Gasteiger partial charge in [-0.05, 0) is 51.5 Å². The van der Waals surface area contributed by atoms with Crippen LogP contribution in [-0.2, 0) is 6.54 Å². The van der Waals surface area contributed by atoms with E-state index in [0.29, 0.717) is 23.5 Å². The average molecular weight is 443 g/mol. The zero-order valence-electron chi connectivity index (χ0n) is 18.7. The summed E-state index contributed by atoms with van der Waals surface area (Å²) < 4.78 is 35.3. The Balaban J connectivity index is 2.06. The van der Waals surface area contributed by atoms with E-state index in [1.165, 1.54) is 6.07 Å². The van der Waals surface area contributed by atoms with E-state index in [1.54, 1.807) is 9.58 Å². The van der Waals surface area contributed by atoms with Gasteiger partial charge in [0.05, 0.1) is 23.5 Å².